The number of benzene rings is 2. The fourth-order valence-electron chi connectivity index (χ4n) is 2.19. The van der Waals surface area contributed by atoms with E-state index in [2.05, 4.69) is 10.6 Å². The molecule has 0 fully saturated rings. The number of fused-ring (bicyclic) bond motifs is 1. The highest BCUT2D eigenvalue weighted by molar-refractivity contribution is 7.98. The Morgan fingerprint density at radius 1 is 1.00 bits per heavy atom. The van der Waals surface area contributed by atoms with Crippen LogP contribution in [0.25, 0.3) is 0 Å². The molecule has 0 aliphatic carbocycles. The van der Waals surface area contributed by atoms with Crippen LogP contribution in [0.3, 0.4) is 0 Å². The van der Waals surface area contributed by atoms with E-state index in [1.165, 1.54) is 12.1 Å². The van der Waals surface area contributed by atoms with Gasteiger partial charge in [0, 0.05) is 16.1 Å². The fraction of sp³-hybridized carbons (Fsp3) is 0.0625. The highest BCUT2D eigenvalue weighted by atomic mass is 32.2. The van der Waals surface area contributed by atoms with Crippen LogP contribution in [-0.4, -0.2) is 24.0 Å². The van der Waals surface area contributed by atoms with Crippen LogP contribution in [0, 0.1) is 0 Å². The Morgan fingerprint density at radius 3 is 2.36 bits per heavy atom. The zero-order valence-corrected chi connectivity index (χ0v) is 12.5. The Morgan fingerprint density at radius 2 is 1.68 bits per heavy atom. The van der Waals surface area contributed by atoms with Gasteiger partial charge in [-0.25, -0.2) is 0 Å². The van der Waals surface area contributed by atoms with Gasteiger partial charge in [-0.1, -0.05) is 0 Å². The van der Waals surface area contributed by atoms with E-state index < -0.39 is 11.8 Å². The molecule has 2 aromatic carbocycles. The zero-order valence-electron chi connectivity index (χ0n) is 11.7. The lowest BCUT2D eigenvalue weighted by molar-refractivity contribution is 0.0878. The molecule has 2 aromatic rings. The van der Waals surface area contributed by atoms with Gasteiger partial charge >= 0.3 is 0 Å². The number of imide groups is 1. The predicted molar refractivity (Wildman–Crippen MR) is 84.4 cm³/mol. The molecule has 6 heteroatoms. The van der Waals surface area contributed by atoms with Crippen LogP contribution >= 0.6 is 11.8 Å². The van der Waals surface area contributed by atoms with Gasteiger partial charge in [-0.3, -0.25) is 19.7 Å². The summed E-state index contributed by atoms with van der Waals surface area (Å²) in [7, 11) is 0. The number of anilines is 1. The SMILES string of the molecule is CSc1ccc(C(=O)Nc2ccc3c(c2)C(=O)NC3=O)cc1. The van der Waals surface area contributed by atoms with Crippen LogP contribution in [0.2, 0.25) is 0 Å². The maximum absolute atomic E-state index is 12.2. The van der Waals surface area contributed by atoms with Crippen molar-refractivity contribution < 1.29 is 14.4 Å². The molecule has 1 aliphatic heterocycles. The van der Waals surface area contributed by atoms with Crippen LogP contribution in [0.5, 0.6) is 0 Å². The van der Waals surface area contributed by atoms with Crippen LogP contribution < -0.4 is 10.6 Å². The van der Waals surface area contributed by atoms with Crippen molar-refractivity contribution in [2.75, 3.05) is 11.6 Å². The van der Waals surface area contributed by atoms with Gasteiger partial charge in [-0.05, 0) is 48.7 Å². The summed E-state index contributed by atoms with van der Waals surface area (Å²) in [6.45, 7) is 0. The summed E-state index contributed by atoms with van der Waals surface area (Å²) in [6, 6.07) is 11.9. The summed E-state index contributed by atoms with van der Waals surface area (Å²) in [4.78, 5) is 36.3. The first-order chi connectivity index (χ1) is 10.6. The monoisotopic (exact) mass is 312 g/mol. The van der Waals surface area contributed by atoms with Crippen LogP contribution in [0.15, 0.2) is 47.4 Å². The first-order valence-electron chi connectivity index (χ1n) is 6.53. The van der Waals surface area contributed by atoms with Crippen molar-refractivity contribution in [3.63, 3.8) is 0 Å². The summed E-state index contributed by atoms with van der Waals surface area (Å²) in [5.41, 5.74) is 1.61. The van der Waals surface area contributed by atoms with Crippen molar-refractivity contribution in [1.29, 1.82) is 0 Å². The second-order valence-corrected chi connectivity index (χ2v) is 5.61. The topological polar surface area (TPSA) is 75.3 Å². The average molecular weight is 312 g/mol. The van der Waals surface area contributed by atoms with Crippen molar-refractivity contribution in [3.8, 4) is 0 Å². The molecule has 22 heavy (non-hydrogen) atoms. The minimum Gasteiger partial charge on any atom is -0.322 e. The van der Waals surface area contributed by atoms with Gasteiger partial charge in [0.2, 0.25) is 0 Å². The standard InChI is InChI=1S/C16H12N2O3S/c1-22-11-5-2-9(3-6-11)14(19)17-10-4-7-12-13(8-10)16(21)18-15(12)20/h2-8H,1H3,(H,17,19)(H,18,20,21). The number of carbonyl (C=O) groups is 3. The highest BCUT2D eigenvalue weighted by Gasteiger charge is 2.26. The van der Waals surface area contributed by atoms with Gasteiger partial charge in [-0.2, -0.15) is 0 Å². The van der Waals surface area contributed by atoms with E-state index >= 15 is 0 Å². The zero-order chi connectivity index (χ0) is 15.7. The van der Waals surface area contributed by atoms with Gasteiger partial charge in [0.05, 0.1) is 11.1 Å². The van der Waals surface area contributed by atoms with Gasteiger partial charge in [-0.15, -0.1) is 11.8 Å². The van der Waals surface area contributed by atoms with Gasteiger partial charge in [0.1, 0.15) is 0 Å². The van der Waals surface area contributed by atoms with Crippen LogP contribution in [-0.2, 0) is 0 Å². The fourth-order valence-corrected chi connectivity index (χ4v) is 2.60. The largest absolute Gasteiger partial charge is 0.322 e. The molecule has 110 valence electrons. The van der Waals surface area contributed by atoms with Gasteiger partial charge < -0.3 is 5.32 Å². The van der Waals surface area contributed by atoms with E-state index in [1.807, 2.05) is 18.4 Å². The van der Waals surface area contributed by atoms with E-state index in [-0.39, 0.29) is 11.5 Å². The van der Waals surface area contributed by atoms with E-state index in [0.29, 0.717) is 16.8 Å². The second-order valence-electron chi connectivity index (χ2n) is 4.73. The molecule has 0 unspecified atom stereocenters. The molecule has 0 saturated carbocycles. The highest BCUT2D eigenvalue weighted by Crippen LogP contribution is 2.21. The lowest BCUT2D eigenvalue weighted by atomic mass is 10.1. The summed E-state index contributed by atoms with van der Waals surface area (Å²) < 4.78 is 0. The van der Waals surface area contributed by atoms with Gasteiger partial charge in [0.15, 0.2) is 0 Å². The van der Waals surface area contributed by atoms with Crippen molar-refractivity contribution in [2.45, 2.75) is 4.90 Å². The van der Waals surface area contributed by atoms with E-state index in [9.17, 15) is 14.4 Å². The van der Waals surface area contributed by atoms with Crippen LogP contribution in [0.4, 0.5) is 5.69 Å². The van der Waals surface area contributed by atoms with Crippen molar-refractivity contribution in [1.82, 2.24) is 5.32 Å². The summed E-state index contributed by atoms with van der Waals surface area (Å²) in [5, 5.41) is 4.94. The third-order valence-electron chi connectivity index (χ3n) is 3.35. The number of amides is 3. The number of hydrogen-bond acceptors (Lipinski definition) is 4. The summed E-state index contributed by atoms with van der Waals surface area (Å²) in [5.74, 6) is -1.12. The van der Waals surface area contributed by atoms with E-state index in [4.69, 9.17) is 0 Å². The maximum atomic E-state index is 12.2. The lowest BCUT2D eigenvalue weighted by Crippen LogP contribution is -2.19. The number of rotatable bonds is 3. The molecule has 2 N–H and O–H groups in total. The summed E-state index contributed by atoms with van der Waals surface area (Å²) in [6.07, 6.45) is 1.96. The second kappa shape index (κ2) is 5.65. The lowest BCUT2D eigenvalue weighted by Gasteiger charge is -2.07. The molecular formula is C16H12N2O3S. The molecule has 5 nitrogen and oxygen atoms in total. The first kappa shape index (κ1) is 14.3. The molecule has 1 heterocycles. The Kier molecular flexibility index (Phi) is 3.68. The number of carbonyl (C=O) groups excluding carboxylic acids is 3. The Labute approximate surface area is 131 Å². The molecular weight excluding hydrogens is 300 g/mol. The molecule has 0 radical (unpaired) electrons. The Hall–Kier alpha value is -2.60. The normalized spacial score (nSPS) is 12.8. The molecule has 0 spiro atoms. The molecule has 3 amide bonds. The number of hydrogen-bond donors (Lipinski definition) is 2. The smallest absolute Gasteiger partial charge is 0.259 e. The molecule has 1 aliphatic rings. The number of nitrogens with one attached hydrogen (secondary N) is 2. The third-order valence-corrected chi connectivity index (χ3v) is 4.09. The predicted octanol–water partition coefficient (Wildman–Crippen LogP) is 2.54. The van der Waals surface area contributed by atoms with Crippen molar-refractivity contribution >= 4 is 35.2 Å². The quantitative estimate of drug-likeness (QED) is 0.674. The minimum atomic E-state index is -0.444. The maximum Gasteiger partial charge on any atom is 0.259 e. The number of thioether (sulfide) groups is 1. The molecule has 0 aromatic heterocycles. The minimum absolute atomic E-state index is 0.266. The first-order valence-corrected chi connectivity index (χ1v) is 7.76. The Balaban J connectivity index is 1.81. The van der Waals surface area contributed by atoms with Crippen LogP contribution in [0.1, 0.15) is 31.1 Å². The summed E-state index contributed by atoms with van der Waals surface area (Å²) >= 11 is 1.60. The molecule has 3 rings (SSSR count). The molecule has 0 saturated heterocycles. The molecule has 0 atom stereocenters. The van der Waals surface area contributed by atoms with E-state index in [1.54, 1.807) is 30.0 Å². The molecule has 0 bridgehead atoms. The van der Waals surface area contributed by atoms with Crippen molar-refractivity contribution in [3.05, 3.63) is 59.2 Å². The van der Waals surface area contributed by atoms with Gasteiger partial charge in [0.25, 0.3) is 17.7 Å². The average Bonchev–Trinajstić information content (AvgIpc) is 2.81. The van der Waals surface area contributed by atoms with E-state index in [0.717, 1.165) is 4.90 Å². The third kappa shape index (κ3) is 2.60. The van der Waals surface area contributed by atoms with Crippen molar-refractivity contribution in [2.24, 2.45) is 0 Å². The Bertz CT molecular complexity index is 784.